The van der Waals surface area contributed by atoms with Gasteiger partial charge in [0.1, 0.15) is 17.7 Å². The second kappa shape index (κ2) is 17.7. The van der Waals surface area contributed by atoms with E-state index in [9.17, 15) is 23.6 Å². The number of H-pyrrole nitrogens is 2. The molecule has 0 radical (unpaired) electrons. The number of aromatic nitrogens is 5. The standard InChI is InChI=1S/C46H56FN9O6/c1-25(2)30(24-40(57)61-5)44(58)54-19-7-9-37(54)42-49-31-13-11-27(21-33(31)51-42)35-15-16-36(56(35)29-17-18-48-39(47)23-29)28-12-14-32-34(22-28)52-43(50-32)38-10-8-20-55(38)45(59)41(26(3)4)53-46(60)62-6/h11-14,17-18,21-23,25-26,30,35-38,41H,7-10,15-16,19-20,24H2,1-6H3,(H,49,51)(H,50,52)(H,53,60)/t30-,35+,36+,37-,38-,41-/m0/s1. The number of aromatic amines is 2. The van der Waals surface area contributed by atoms with E-state index in [1.165, 1.54) is 26.5 Å². The van der Waals surface area contributed by atoms with Gasteiger partial charge >= 0.3 is 12.1 Å². The minimum Gasteiger partial charge on any atom is -0.469 e. The number of rotatable bonds is 12. The van der Waals surface area contributed by atoms with Crippen LogP contribution in [-0.4, -0.2) is 91.9 Å². The molecule has 0 bridgehead atoms. The number of alkyl carbamates (subject to hydrolysis) is 1. The second-order valence-corrected chi connectivity index (χ2v) is 17.5. The maximum atomic E-state index is 14.9. The van der Waals surface area contributed by atoms with Gasteiger partial charge in [-0.2, -0.15) is 4.39 Å². The first-order valence-electron chi connectivity index (χ1n) is 21.8. The molecule has 3 aliphatic rings. The van der Waals surface area contributed by atoms with Gasteiger partial charge in [-0.05, 0) is 91.8 Å². The molecule has 3 N–H and O–H groups in total. The van der Waals surface area contributed by atoms with E-state index >= 15 is 0 Å². The maximum absolute atomic E-state index is 14.9. The van der Waals surface area contributed by atoms with Crippen LogP contribution in [0.2, 0.25) is 0 Å². The minimum absolute atomic E-state index is 0.0333. The highest BCUT2D eigenvalue weighted by molar-refractivity contribution is 5.87. The average Bonchev–Trinajstić information content (AvgIpc) is 4.12. The number of esters is 1. The number of hydrogen-bond donors (Lipinski definition) is 3. The van der Waals surface area contributed by atoms with Crippen molar-refractivity contribution >= 4 is 51.6 Å². The summed E-state index contributed by atoms with van der Waals surface area (Å²) in [5.74, 6) is -0.432. The molecule has 0 unspecified atom stereocenters. The molecule has 5 aromatic rings. The number of imidazole rings is 2. The zero-order valence-electron chi connectivity index (χ0n) is 36.2. The van der Waals surface area contributed by atoms with Crippen molar-refractivity contribution in [1.29, 1.82) is 0 Å². The van der Waals surface area contributed by atoms with E-state index in [0.29, 0.717) is 24.6 Å². The van der Waals surface area contributed by atoms with Crippen LogP contribution in [0.5, 0.6) is 0 Å². The summed E-state index contributed by atoms with van der Waals surface area (Å²) < 4.78 is 24.6. The lowest BCUT2D eigenvalue weighted by Crippen LogP contribution is -2.51. The summed E-state index contributed by atoms with van der Waals surface area (Å²) in [7, 11) is 2.63. The van der Waals surface area contributed by atoms with Gasteiger partial charge in [-0.25, -0.2) is 19.7 Å². The van der Waals surface area contributed by atoms with Crippen molar-refractivity contribution < 1.29 is 33.0 Å². The first kappa shape index (κ1) is 42.6. The Labute approximate surface area is 360 Å². The van der Waals surface area contributed by atoms with E-state index in [1.807, 2.05) is 50.8 Å². The molecule has 3 saturated heterocycles. The van der Waals surface area contributed by atoms with Gasteiger partial charge in [-0.15, -0.1) is 0 Å². The number of halogens is 1. The molecule has 3 aromatic heterocycles. The summed E-state index contributed by atoms with van der Waals surface area (Å²) in [6.45, 7) is 8.84. The number of pyridine rings is 1. The Morgan fingerprint density at radius 1 is 0.742 bits per heavy atom. The Bertz CT molecular complexity index is 2320. The molecule has 3 amide bonds. The number of nitrogens with zero attached hydrogens (tertiary/aromatic N) is 6. The van der Waals surface area contributed by atoms with Crippen molar-refractivity contribution in [2.75, 3.05) is 32.2 Å². The Morgan fingerprint density at radius 2 is 1.31 bits per heavy atom. The summed E-state index contributed by atoms with van der Waals surface area (Å²) in [5.41, 5.74) is 6.05. The molecule has 2 aromatic carbocycles. The van der Waals surface area contributed by atoms with Gasteiger partial charge in [0.05, 0.1) is 72.8 Å². The van der Waals surface area contributed by atoms with Gasteiger partial charge in [-0.1, -0.05) is 39.8 Å². The highest BCUT2D eigenvalue weighted by atomic mass is 19.1. The van der Waals surface area contributed by atoms with E-state index in [-0.39, 0.29) is 54.2 Å². The third-order valence-electron chi connectivity index (χ3n) is 13.0. The molecule has 0 aliphatic carbocycles. The van der Waals surface area contributed by atoms with Gasteiger partial charge in [0.2, 0.25) is 17.8 Å². The molecule has 16 heteroatoms. The van der Waals surface area contributed by atoms with Crippen molar-refractivity contribution in [2.45, 2.75) is 103 Å². The highest BCUT2D eigenvalue weighted by Gasteiger charge is 2.40. The van der Waals surface area contributed by atoms with Crippen molar-refractivity contribution in [1.82, 2.24) is 40.0 Å². The van der Waals surface area contributed by atoms with Crippen molar-refractivity contribution in [3.8, 4) is 0 Å². The number of ether oxygens (including phenoxy) is 2. The monoisotopic (exact) mass is 849 g/mol. The van der Waals surface area contributed by atoms with Crippen LogP contribution in [0, 0.1) is 23.7 Å². The fourth-order valence-corrected chi connectivity index (χ4v) is 9.79. The van der Waals surface area contributed by atoms with Crippen molar-refractivity contribution in [2.24, 2.45) is 17.8 Å². The molecule has 3 fully saturated rings. The Balaban J connectivity index is 1.06. The molecule has 0 spiro atoms. The quantitative estimate of drug-likeness (QED) is 0.0837. The van der Waals surface area contributed by atoms with Gasteiger partial charge in [0.15, 0.2) is 0 Å². The largest absolute Gasteiger partial charge is 0.469 e. The SMILES string of the molecule is COC(=O)C[C@H](C(=O)N1CCC[C@H]1c1nc2ccc([C@H]3CC[C@H](c4ccc5nc([C@@H]6CCCN6C(=O)[C@@H](NC(=O)OC)C(C)C)[nH]c5c4)N3c3ccnc(F)c3)cc2[nH]1)C(C)C. The molecule has 0 saturated carbocycles. The average molecular weight is 850 g/mol. The van der Waals surface area contributed by atoms with Crippen molar-refractivity contribution in [3.63, 3.8) is 0 Å². The van der Waals surface area contributed by atoms with Crippen LogP contribution in [0.15, 0.2) is 54.7 Å². The number of benzene rings is 2. The molecular weight excluding hydrogens is 794 g/mol. The lowest BCUT2D eigenvalue weighted by atomic mass is 9.91. The number of amides is 3. The van der Waals surface area contributed by atoms with Crippen LogP contribution in [0.3, 0.4) is 0 Å². The van der Waals surface area contributed by atoms with Crippen LogP contribution in [0.4, 0.5) is 14.9 Å². The summed E-state index contributed by atoms with van der Waals surface area (Å²) in [6, 6.07) is 14.2. The summed E-state index contributed by atoms with van der Waals surface area (Å²) in [6.07, 6.45) is 5.63. The van der Waals surface area contributed by atoms with E-state index < -0.39 is 30.0 Å². The fraction of sp³-hybridized carbons (Fsp3) is 0.500. The third kappa shape index (κ3) is 8.30. The van der Waals surface area contributed by atoms with Crippen LogP contribution in [0.25, 0.3) is 22.1 Å². The lowest BCUT2D eigenvalue weighted by molar-refractivity contribution is -0.148. The van der Waals surface area contributed by atoms with Crippen LogP contribution in [-0.2, 0) is 23.9 Å². The van der Waals surface area contributed by atoms with E-state index in [0.717, 1.165) is 77.5 Å². The molecular formula is C46H56FN9O6. The van der Waals surface area contributed by atoms with E-state index in [2.05, 4.69) is 49.4 Å². The normalized spacial score (nSPS) is 21.3. The molecule has 6 atom stereocenters. The number of carbonyl (C=O) groups excluding carboxylic acids is 4. The first-order valence-corrected chi connectivity index (χ1v) is 21.8. The predicted molar refractivity (Wildman–Crippen MR) is 230 cm³/mol. The zero-order chi connectivity index (χ0) is 43.8. The second-order valence-electron chi connectivity index (χ2n) is 17.5. The summed E-state index contributed by atoms with van der Waals surface area (Å²) in [5, 5.41) is 2.71. The number of fused-ring (bicyclic) bond motifs is 2. The zero-order valence-corrected chi connectivity index (χ0v) is 36.2. The van der Waals surface area contributed by atoms with Crippen LogP contribution >= 0.6 is 0 Å². The van der Waals surface area contributed by atoms with Crippen LogP contribution < -0.4 is 10.2 Å². The fourth-order valence-electron chi connectivity index (χ4n) is 9.79. The van der Waals surface area contributed by atoms with E-state index in [4.69, 9.17) is 19.4 Å². The Hall–Kier alpha value is -6.06. The minimum atomic E-state index is -0.731. The lowest BCUT2D eigenvalue weighted by Gasteiger charge is -2.33. The summed E-state index contributed by atoms with van der Waals surface area (Å²) >= 11 is 0. The van der Waals surface area contributed by atoms with Gasteiger partial charge in [0, 0.05) is 31.0 Å². The number of methoxy groups -OCH3 is 2. The maximum Gasteiger partial charge on any atom is 0.407 e. The summed E-state index contributed by atoms with van der Waals surface area (Å²) in [4.78, 5) is 78.8. The number of nitrogens with one attached hydrogen (secondary N) is 3. The number of likely N-dealkylation sites (tertiary alicyclic amines) is 2. The van der Waals surface area contributed by atoms with Gasteiger partial charge in [0.25, 0.3) is 0 Å². The smallest absolute Gasteiger partial charge is 0.407 e. The molecule has 8 rings (SSSR count). The van der Waals surface area contributed by atoms with Gasteiger partial charge < -0.3 is 39.5 Å². The predicted octanol–water partition coefficient (Wildman–Crippen LogP) is 7.60. The molecule has 6 heterocycles. The first-order chi connectivity index (χ1) is 29.8. The van der Waals surface area contributed by atoms with E-state index in [1.54, 1.807) is 4.90 Å². The molecule has 62 heavy (non-hydrogen) atoms. The highest BCUT2D eigenvalue weighted by Crippen LogP contribution is 2.48. The molecule has 15 nitrogen and oxygen atoms in total. The number of carbonyl (C=O) groups is 4. The van der Waals surface area contributed by atoms with Crippen LogP contribution in [0.1, 0.15) is 120 Å². The Morgan fingerprint density at radius 3 is 1.81 bits per heavy atom. The number of anilines is 1. The molecule has 3 aliphatic heterocycles. The third-order valence-corrected chi connectivity index (χ3v) is 13.0. The topological polar surface area (TPSA) is 179 Å². The molecule has 328 valence electrons. The number of hydrogen-bond acceptors (Lipinski definition) is 10. The van der Waals surface area contributed by atoms with Crippen molar-refractivity contribution in [3.05, 3.63) is 83.5 Å². The van der Waals surface area contributed by atoms with Gasteiger partial charge in [-0.3, -0.25) is 14.4 Å². The Kier molecular flexibility index (Phi) is 12.2.